The van der Waals surface area contributed by atoms with Crippen LogP contribution in [0.3, 0.4) is 0 Å². The first-order chi connectivity index (χ1) is 12.2. The predicted molar refractivity (Wildman–Crippen MR) is 98.6 cm³/mol. The number of halogens is 1. The molecule has 0 radical (unpaired) electrons. The van der Waals surface area contributed by atoms with Crippen molar-refractivity contribution in [1.82, 2.24) is 4.98 Å². The summed E-state index contributed by atoms with van der Waals surface area (Å²) in [6.07, 6.45) is 5.29. The first kappa shape index (κ1) is 17.9. The Morgan fingerprint density at radius 2 is 1.81 bits per heavy atom. The third kappa shape index (κ3) is 1.88. The molecule has 1 aromatic heterocycles. The average molecular weight is 441 g/mol. The molecule has 1 spiro atoms. The van der Waals surface area contributed by atoms with E-state index in [1.165, 1.54) is 11.3 Å². The van der Waals surface area contributed by atoms with E-state index < -0.39 is 28.6 Å². The van der Waals surface area contributed by atoms with Crippen LogP contribution in [-0.4, -0.2) is 22.7 Å². The number of hydrogen-bond donors (Lipinski definition) is 3. The molecule has 4 atom stereocenters. The molecule has 3 saturated carbocycles. The fraction of sp³-hybridized carbons (Fsp3) is 0.647. The Balaban J connectivity index is 2.00. The molecule has 1 heterocycles. The Labute approximate surface area is 163 Å². The Morgan fingerprint density at radius 3 is 2.27 bits per heavy atom. The highest BCUT2D eigenvalue weighted by molar-refractivity contribution is 9.11. The van der Waals surface area contributed by atoms with Crippen LogP contribution in [0.5, 0.6) is 0 Å². The lowest BCUT2D eigenvalue weighted by atomic mass is 9.53. The van der Waals surface area contributed by atoms with Crippen LogP contribution in [0.25, 0.3) is 0 Å². The van der Waals surface area contributed by atoms with Gasteiger partial charge in [0, 0.05) is 6.42 Å². The zero-order valence-electron chi connectivity index (χ0n) is 14.2. The van der Waals surface area contributed by atoms with Gasteiger partial charge in [-0.1, -0.05) is 0 Å². The van der Waals surface area contributed by atoms with Crippen LogP contribution < -0.4 is 17.2 Å². The monoisotopic (exact) mass is 440 g/mol. The highest BCUT2D eigenvalue weighted by Crippen LogP contribution is 2.83. The minimum Gasteiger partial charge on any atom is -0.370 e. The molecule has 4 rings (SSSR count). The zero-order valence-corrected chi connectivity index (χ0v) is 16.6. The van der Waals surface area contributed by atoms with Crippen molar-refractivity contribution in [3.63, 3.8) is 0 Å². The maximum absolute atomic E-state index is 13.1. The topological polar surface area (TPSA) is 142 Å². The summed E-state index contributed by atoms with van der Waals surface area (Å²) in [5, 5.41) is 0.527. The fourth-order valence-electron chi connectivity index (χ4n) is 6.42. The highest BCUT2D eigenvalue weighted by Gasteiger charge is 2.84. The van der Waals surface area contributed by atoms with Gasteiger partial charge in [-0.25, -0.2) is 4.98 Å². The molecule has 3 aliphatic rings. The van der Waals surface area contributed by atoms with Gasteiger partial charge in [0.25, 0.3) is 0 Å². The van der Waals surface area contributed by atoms with E-state index in [-0.39, 0.29) is 30.1 Å². The maximum Gasteiger partial charge on any atom is 0.231 e. The normalized spacial score (nSPS) is 36.3. The van der Waals surface area contributed by atoms with E-state index in [0.717, 1.165) is 29.5 Å². The van der Waals surface area contributed by atoms with Gasteiger partial charge in [0.05, 0.1) is 15.4 Å². The number of primary amides is 3. The Bertz CT molecular complexity index is 823. The molecule has 1 aromatic rings. The Hall–Kier alpha value is -1.48. The summed E-state index contributed by atoms with van der Waals surface area (Å²) >= 11 is 4.72. The maximum atomic E-state index is 13.1. The molecule has 3 amide bonds. The van der Waals surface area contributed by atoms with Crippen LogP contribution in [0.15, 0.2) is 9.98 Å². The average Bonchev–Trinajstić information content (AvgIpc) is 3.03. The number of amides is 3. The minimum atomic E-state index is -1.27. The van der Waals surface area contributed by atoms with E-state index in [2.05, 4.69) is 20.9 Å². The van der Waals surface area contributed by atoms with E-state index in [9.17, 15) is 14.4 Å². The third-order valence-corrected chi connectivity index (χ3v) is 8.80. The minimum absolute atomic E-state index is 0.0101. The summed E-state index contributed by atoms with van der Waals surface area (Å²) in [4.78, 5) is 42.0. The molecule has 9 heteroatoms. The number of hydrogen-bond acceptors (Lipinski definition) is 5. The molecule has 2 bridgehead atoms. The van der Waals surface area contributed by atoms with Crippen molar-refractivity contribution in [3.05, 3.63) is 15.0 Å². The van der Waals surface area contributed by atoms with E-state index >= 15 is 0 Å². The van der Waals surface area contributed by atoms with E-state index in [0.29, 0.717) is 5.01 Å². The molecule has 0 aliphatic heterocycles. The molecular formula is C17H21BrN4O3S. The van der Waals surface area contributed by atoms with Gasteiger partial charge in [-0.3, -0.25) is 14.4 Å². The van der Waals surface area contributed by atoms with Crippen LogP contribution in [0.1, 0.15) is 43.5 Å². The van der Waals surface area contributed by atoms with E-state index in [1.54, 1.807) is 6.20 Å². The first-order valence-corrected chi connectivity index (χ1v) is 10.3. The molecule has 0 unspecified atom stereocenters. The highest BCUT2D eigenvalue weighted by atomic mass is 79.9. The summed E-state index contributed by atoms with van der Waals surface area (Å²) in [5.41, 5.74) is 14.8. The van der Waals surface area contributed by atoms with Crippen LogP contribution in [-0.2, 0) is 19.8 Å². The molecule has 0 aromatic carbocycles. The lowest BCUT2D eigenvalue weighted by Crippen LogP contribution is -2.63. The van der Waals surface area contributed by atoms with Crippen molar-refractivity contribution >= 4 is 45.0 Å². The molecule has 7 nitrogen and oxygen atoms in total. The third-order valence-electron chi connectivity index (χ3n) is 7.19. The summed E-state index contributed by atoms with van der Waals surface area (Å²) in [5.74, 6) is -1.79. The number of rotatable bonds is 6. The summed E-state index contributed by atoms with van der Waals surface area (Å²) in [6, 6.07) is 0. The lowest BCUT2D eigenvalue weighted by molar-refractivity contribution is -0.148. The summed E-state index contributed by atoms with van der Waals surface area (Å²) < 4.78 is 0.758. The van der Waals surface area contributed by atoms with Crippen molar-refractivity contribution in [1.29, 1.82) is 0 Å². The van der Waals surface area contributed by atoms with Crippen molar-refractivity contribution in [2.75, 3.05) is 0 Å². The fourth-order valence-corrected chi connectivity index (χ4v) is 7.96. The van der Waals surface area contributed by atoms with Crippen LogP contribution in [0.4, 0.5) is 0 Å². The number of nitrogens with two attached hydrogens (primary N) is 3. The van der Waals surface area contributed by atoms with E-state index in [4.69, 9.17) is 17.2 Å². The zero-order chi connectivity index (χ0) is 18.9. The number of nitrogens with zero attached hydrogens (tertiary/aromatic N) is 1. The molecule has 26 heavy (non-hydrogen) atoms. The van der Waals surface area contributed by atoms with Crippen LogP contribution >= 0.6 is 27.3 Å². The molecule has 3 fully saturated rings. The van der Waals surface area contributed by atoms with Crippen LogP contribution in [0, 0.1) is 22.7 Å². The van der Waals surface area contributed by atoms with Gasteiger partial charge >= 0.3 is 0 Å². The smallest absolute Gasteiger partial charge is 0.231 e. The number of thiazole rings is 1. The second-order valence-electron chi connectivity index (χ2n) is 7.86. The molecule has 140 valence electrons. The largest absolute Gasteiger partial charge is 0.370 e. The number of carbonyl (C=O) groups is 3. The predicted octanol–water partition coefficient (Wildman–Crippen LogP) is 1.19. The van der Waals surface area contributed by atoms with Gasteiger partial charge in [0.1, 0.15) is 10.4 Å². The van der Waals surface area contributed by atoms with Gasteiger partial charge < -0.3 is 17.2 Å². The van der Waals surface area contributed by atoms with Crippen molar-refractivity contribution in [2.45, 2.75) is 43.9 Å². The summed E-state index contributed by atoms with van der Waals surface area (Å²) in [7, 11) is 0. The standard InChI is InChI=1S/C17H21BrN4O3S/c18-10-7-22-14(26-10)17(13(21)25)9-2-1-8(15(9)5-6-15)16(17,12(20)24)4-3-11(19)23/h7-9H,1-6H2,(H2,19,23)(H2,20,24)(H2,21,25)/t8-,9+,16+,17-/m1/s1. The molecule has 6 N–H and O–H groups in total. The van der Waals surface area contributed by atoms with Gasteiger partial charge in [-0.2, -0.15) is 0 Å². The van der Waals surface area contributed by atoms with Crippen LogP contribution in [0.2, 0.25) is 0 Å². The lowest BCUT2D eigenvalue weighted by Gasteiger charge is -2.48. The number of aromatic nitrogens is 1. The van der Waals surface area contributed by atoms with Gasteiger partial charge in [-0.15, -0.1) is 11.3 Å². The summed E-state index contributed by atoms with van der Waals surface area (Å²) in [6.45, 7) is 0. The Kier molecular flexibility index (Phi) is 3.80. The molecule has 3 aliphatic carbocycles. The number of carbonyl (C=O) groups excluding carboxylic acids is 3. The second kappa shape index (κ2) is 5.51. The first-order valence-electron chi connectivity index (χ1n) is 8.73. The van der Waals surface area contributed by atoms with Crippen molar-refractivity contribution in [2.24, 2.45) is 39.9 Å². The molecular weight excluding hydrogens is 420 g/mol. The second-order valence-corrected chi connectivity index (χ2v) is 10.3. The van der Waals surface area contributed by atoms with Gasteiger partial charge in [0.15, 0.2) is 0 Å². The Morgan fingerprint density at radius 1 is 1.15 bits per heavy atom. The quantitative estimate of drug-likeness (QED) is 0.609. The van der Waals surface area contributed by atoms with Crippen molar-refractivity contribution in [3.8, 4) is 0 Å². The van der Waals surface area contributed by atoms with Crippen molar-refractivity contribution < 1.29 is 14.4 Å². The van der Waals surface area contributed by atoms with Gasteiger partial charge in [-0.05, 0) is 65.3 Å². The SMILES string of the molecule is NC(=O)CC[C@@]1(C(N)=O)[C@@H]2CC[C@@H](C23CC3)[C@@]1(C(N)=O)c1ncc(Br)s1. The molecule has 0 saturated heterocycles. The van der Waals surface area contributed by atoms with Gasteiger partial charge in [0.2, 0.25) is 17.7 Å². The van der Waals surface area contributed by atoms with E-state index in [1.807, 2.05) is 0 Å².